The molecule has 3 N–H and O–H groups in total. The highest BCUT2D eigenvalue weighted by molar-refractivity contribution is 6.08. The molecule has 5 amide bonds. The number of alkyl halides is 1. The van der Waals surface area contributed by atoms with E-state index in [9.17, 15) is 28.4 Å². The van der Waals surface area contributed by atoms with Crippen molar-refractivity contribution in [3.05, 3.63) is 76.2 Å². The molecule has 0 radical (unpaired) electrons. The summed E-state index contributed by atoms with van der Waals surface area (Å²) in [7, 11) is 0. The SMILES string of the molecule is CC(C)Oc1cc2nn(C3CCN(C(=O)NC4CCN(c5ncc(C6CCC(=O)NC6=O)cc5F)CC4)CC3)cc2cc1C(=O)Nc1cccn([C@H]2C[C@H]2F)c1=O. The van der Waals surface area contributed by atoms with Crippen LogP contribution in [0.3, 0.4) is 0 Å². The average Bonchev–Trinajstić information content (AvgIpc) is 3.76. The number of imide groups is 1. The number of piperidine rings is 3. The van der Waals surface area contributed by atoms with Crippen molar-refractivity contribution in [1.29, 1.82) is 0 Å². The number of carbonyl (C=O) groups excluding carboxylic acids is 4. The number of anilines is 2. The number of halogens is 2. The molecule has 8 rings (SSSR count). The number of nitrogens with one attached hydrogen (secondary N) is 3. The molecule has 1 unspecified atom stereocenters. The zero-order valence-electron chi connectivity index (χ0n) is 31.7. The minimum absolute atomic E-state index is 0.0183. The Kier molecular flexibility index (Phi) is 10.4. The predicted molar refractivity (Wildman–Crippen MR) is 206 cm³/mol. The van der Waals surface area contributed by atoms with Crippen LogP contribution < -0.4 is 31.1 Å². The van der Waals surface area contributed by atoms with E-state index in [2.05, 4.69) is 20.9 Å². The summed E-state index contributed by atoms with van der Waals surface area (Å²) in [5, 5.41) is 13.7. The number of hydrogen-bond donors (Lipinski definition) is 3. The molecule has 4 aromatic rings. The monoisotopic (exact) mass is 785 g/mol. The second-order valence-corrected chi connectivity index (χ2v) is 15.6. The van der Waals surface area contributed by atoms with E-state index in [1.54, 1.807) is 23.1 Å². The van der Waals surface area contributed by atoms with Crippen LogP contribution in [-0.2, 0) is 9.59 Å². The number of carbonyl (C=O) groups is 4. The molecule has 0 bridgehead atoms. The largest absolute Gasteiger partial charge is 0.490 e. The smallest absolute Gasteiger partial charge is 0.317 e. The highest BCUT2D eigenvalue weighted by Crippen LogP contribution is 2.38. The third-order valence-electron chi connectivity index (χ3n) is 11.2. The van der Waals surface area contributed by atoms with E-state index >= 15 is 4.39 Å². The maximum absolute atomic E-state index is 15.2. The van der Waals surface area contributed by atoms with Crippen molar-refractivity contribution in [3.63, 3.8) is 0 Å². The third kappa shape index (κ3) is 8.05. The first kappa shape index (κ1) is 38.0. The first-order valence-electron chi connectivity index (χ1n) is 19.6. The van der Waals surface area contributed by atoms with Crippen LogP contribution in [0, 0.1) is 5.82 Å². The van der Waals surface area contributed by atoms with Crippen LogP contribution in [-0.4, -0.2) is 92.5 Å². The molecule has 3 saturated heterocycles. The van der Waals surface area contributed by atoms with Crippen LogP contribution in [0.1, 0.15) is 92.7 Å². The summed E-state index contributed by atoms with van der Waals surface area (Å²) in [6.07, 6.45) is 6.96. The van der Waals surface area contributed by atoms with E-state index in [1.807, 2.05) is 29.6 Å². The molecular weight excluding hydrogens is 740 g/mol. The number of likely N-dealkylation sites (tertiary alicyclic amines) is 1. The summed E-state index contributed by atoms with van der Waals surface area (Å²) in [5.74, 6) is -1.90. The highest BCUT2D eigenvalue weighted by atomic mass is 19.1. The first-order chi connectivity index (χ1) is 27.4. The van der Waals surface area contributed by atoms with Crippen LogP contribution in [0.15, 0.2) is 53.7 Å². The molecule has 3 aromatic heterocycles. The van der Waals surface area contributed by atoms with Gasteiger partial charge in [-0.25, -0.2) is 18.6 Å². The van der Waals surface area contributed by atoms with E-state index in [0.717, 1.165) is 0 Å². The number of pyridine rings is 2. The number of rotatable bonds is 9. The van der Waals surface area contributed by atoms with E-state index in [-0.39, 0.29) is 60.0 Å². The van der Waals surface area contributed by atoms with E-state index < -0.39 is 41.3 Å². The average molecular weight is 786 g/mol. The molecule has 4 fully saturated rings. The van der Waals surface area contributed by atoms with Gasteiger partial charge in [-0.15, -0.1) is 0 Å². The Morgan fingerprint density at radius 3 is 2.46 bits per heavy atom. The lowest BCUT2D eigenvalue weighted by atomic mass is 9.91. The Morgan fingerprint density at radius 1 is 1.02 bits per heavy atom. The lowest BCUT2D eigenvalue weighted by Gasteiger charge is -2.36. The van der Waals surface area contributed by atoms with Crippen LogP contribution in [0.5, 0.6) is 5.75 Å². The summed E-state index contributed by atoms with van der Waals surface area (Å²) in [5.41, 5.74) is 0.903. The molecule has 1 aliphatic carbocycles. The maximum Gasteiger partial charge on any atom is 0.317 e. The Bertz CT molecular complexity index is 2280. The molecular formula is C40H45F2N9O6. The molecule has 6 heterocycles. The van der Waals surface area contributed by atoms with Crippen molar-refractivity contribution in [1.82, 2.24) is 34.9 Å². The molecule has 300 valence electrons. The molecule has 57 heavy (non-hydrogen) atoms. The number of amides is 5. The van der Waals surface area contributed by atoms with Gasteiger partial charge in [0.2, 0.25) is 11.8 Å². The van der Waals surface area contributed by atoms with Crippen molar-refractivity contribution < 1.29 is 32.7 Å². The van der Waals surface area contributed by atoms with Gasteiger partial charge < -0.3 is 29.7 Å². The summed E-state index contributed by atoms with van der Waals surface area (Å²) in [6.45, 7) is 5.75. The van der Waals surface area contributed by atoms with Gasteiger partial charge in [0, 0.05) is 75.1 Å². The molecule has 1 saturated carbocycles. The van der Waals surface area contributed by atoms with Gasteiger partial charge >= 0.3 is 6.03 Å². The van der Waals surface area contributed by atoms with Gasteiger partial charge in [-0.1, -0.05) is 0 Å². The molecule has 17 heteroatoms. The van der Waals surface area contributed by atoms with Crippen LogP contribution in [0.25, 0.3) is 10.9 Å². The molecule has 1 aromatic carbocycles. The van der Waals surface area contributed by atoms with Gasteiger partial charge in [-0.2, -0.15) is 5.10 Å². The Labute approximate surface area is 326 Å². The number of benzene rings is 1. The van der Waals surface area contributed by atoms with Crippen molar-refractivity contribution >= 4 is 46.2 Å². The fourth-order valence-electron chi connectivity index (χ4n) is 8.00. The second-order valence-electron chi connectivity index (χ2n) is 15.6. The quantitative estimate of drug-likeness (QED) is 0.205. The number of ether oxygens (including phenoxy) is 1. The number of aromatic nitrogens is 4. The molecule has 3 aliphatic heterocycles. The summed E-state index contributed by atoms with van der Waals surface area (Å²) in [4.78, 5) is 71.6. The van der Waals surface area contributed by atoms with E-state index in [1.165, 1.54) is 29.1 Å². The molecule has 0 spiro atoms. The second kappa shape index (κ2) is 15.6. The van der Waals surface area contributed by atoms with Crippen molar-refractivity contribution in [2.24, 2.45) is 0 Å². The molecule has 3 atom stereocenters. The molecule has 4 aliphatic rings. The van der Waals surface area contributed by atoms with Gasteiger partial charge in [0.1, 0.15) is 17.6 Å². The predicted octanol–water partition coefficient (Wildman–Crippen LogP) is 4.59. The topological polar surface area (TPSA) is 173 Å². The van der Waals surface area contributed by atoms with E-state index in [0.29, 0.717) is 80.5 Å². The first-order valence-corrected chi connectivity index (χ1v) is 19.6. The normalized spacial score (nSPS) is 21.8. The number of nitrogens with zero attached hydrogens (tertiary/aromatic N) is 6. The Balaban J connectivity index is 0.858. The standard InChI is InChI=1S/C40H45F2N9O6/c1-22(2)57-34-19-32-24(16-28(34)38(54)45-31-4-3-11-50(39(31)55)33-18-29(33)41)21-51(47-32)26-9-14-49(15-10-26)40(56)44-25-7-12-48(13-8-25)36-30(42)17-23(20-43-36)27-5-6-35(52)46-37(27)53/h3-4,11,16-17,19-22,25-27,29,33H,5-10,12-15,18H2,1-2H3,(H,44,56)(H,45,54)(H,46,52,53)/t27?,29-,33+/m1/s1. The van der Waals surface area contributed by atoms with Gasteiger partial charge in [0.15, 0.2) is 11.6 Å². The lowest BCUT2D eigenvalue weighted by Crippen LogP contribution is -2.51. The summed E-state index contributed by atoms with van der Waals surface area (Å²) < 4.78 is 38.1. The molecule has 15 nitrogen and oxygen atoms in total. The fourth-order valence-corrected chi connectivity index (χ4v) is 8.00. The maximum atomic E-state index is 15.2. The zero-order chi connectivity index (χ0) is 40.0. The Hall–Kier alpha value is -5.87. The highest BCUT2D eigenvalue weighted by Gasteiger charge is 2.40. The van der Waals surface area contributed by atoms with Crippen molar-refractivity contribution in [2.45, 2.75) is 95.1 Å². The fraction of sp³-hybridized carbons (Fsp3) is 0.475. The zero-order valence-corrected chi connectivity index (χ0v) is 31.7. The van der Waals surface area contributed by atoms with Crippen molar-refractivity contribution in [2.75, 3.05) is 36.4 Å². The number of fused-ring (bicyclic) bond motifs is 1. The number of hydrogen-bond acceptors (Lipinski definition) is 9. The van der Waals surface area contributed by atoms with Gasteiger partial charge in [0.25, 0.3) is 11.5 Å². The summed E-state index contributed by atoms with van der Waals surface area (Å²) in [6, 6.07) is 7.13. The van der Waals surface area contributed by atoms with Gasteiger partial charge in [0.05, 0.1) is 35.2 Å². The van der Waals surface area contributed by atoms with Gasteiger partial charge in [-0.05, 0) is 75.8 Å². The van der Waals surface area contributed by atoms with Crippen molar-refractivity contribution in [3.8, 4) is 5.75 Å². The minimum Gasteiger partial charge on any atom is -0.490 e. The number of urea groups is 1. The minimum atomic E-state index is -1.07. The third-order valence-corrected chi connectivity index (χ3v) is 11.2. The van der Waals surface area contributed by atoms with E-state index in [4.69, 9.17) is 9.84 Å². The van der Waals surface area contributed by atoms with Crippen LogP contribution in [0.4, 0.5) is 25.1 Å². The van der Waals surface area contributed by atoms with Crippen LogP contribution >= 0.6 is 0 Å². The van der Waals surface area contributed by atoms with Crippen LogP contribution in [0.2, 0.25) is 0 Å². The Morgan fingerprint density at radius 2 is 1.77 bits per heavy atom. The van der Waals surface area contributed by atoms with Gasteiger partial charge in [-0.3, -0.25) is 29.2 Å². The summed E-state index contributed by atoms with van der Waals surface area (Å²) >= 11 is 0. The lowest BCUT2D eigenvalue weighted by molar-refractivity contribution is -0.134.